The number of hydrogen-bond donors (Lipinski definition) is 1. The number of H-pyrrole nitrogens is 1. The molecule has 0 spiro atoms. The van der Waals surface area contributed by atoms with E-state index >= 15 is 0 Å². The molecule has 0 bridgehead atoms. The van der Waals surface area contributed by atoms with E-state index in [4.69, 9.17) is 9.97 Å². The van der Waals surface area contributed by atoms with Crippen LogP contribution in [0.15, 0.2) is 46.0 Å². The number of fused-ring (bicyclic) bond motifs is 2. The van der Waals surface area contributed by atoms with Gasteiger partial charge in [-0.15, -0.1) is 0 Å². The van der Waals surface area contributed by atoms with Crippen LogP contribution in [0.4, 0.5) is 0 Å². The first-order valence-corrected chi connectivity index (χ1v) is 11.3. The minimum absolute atomic E-state index is 0.377. The van der Waals surface area contributed by atoms with Gasteiger partial charge in [-0.1, -0.05) is 44.5 Å². The van der Waals surface area contributed by atoms with Crippen molar-refractivity contribution in [1.82, 2.24) is 29.0 Å². The van der Waals surface area contributed by atoms with Crippen molar-refractivity contribution in [2.45, 2.75) is 59.8 Å². The molecule has 0 fully saturated rings. The molecular weight excluding hydrogens is 404 g/mol. The molecule has 0 unspecified atom stereocenters. The molecule has 1 N–H and O–H groups in total. The van der Waals surface area contributed by atoms with Gasteiger partial charge in [0.2, 0.25) is 0 Å². The molecule has 8 heteroatoms. The number of imidazole rings is 1. The lowest BCUT2D eigenvalue weighted by Crippen LogP contribution is -2.31. The summed E-state index contributed by atoms with van der Waals surface area (Å²) in [5, 5.41) is 1.12. The Hall–Kier alpha value is -3.26. The number of unbranched alkanes of at least 4 members (excludes halogenated alkanes) is 1. The second-order valence-corrected chi connectivity index (χ2v) is 8.01. The Bertz CT molecular complexity index is 1350. The summed E-state index contributed by atoms with van der Waals surface area (Å²) in [4.78, 5) is 39.4. The third-order valence-corrected chi connectivity index (χ3v) is 5.87. The lowest BCUT2D eigenvalue weighted by atomic mass is 10.2. The van der Waals surface area contributed by atoms with Gasteiger partial charge in [-0.3, -0.25) is 24.2 Å². The smallest absolute Gasteiger partial charge is 0.321 e. The molecule has 4 rings (SSSR count). The van der Waals surface area contributed by atoms with E-state index in [1.165, 1.54) is 0 Å². The average Bonchev–Trinajstić information content (AvgIpc) is 3.16. The highest BCUT2D eigenvalue weighted by atomic mass is 16.2. The predicted molar refractivity (Wildman–Crippen MR) is 127 cm³/mol. The maximum Gasteiger partial charge on any atom is 0.330 e. The summed E-state index contributed by atoms with van der Waals surface area (Å²) in [6.07, 6.45) is 1.81. The summed E-state index contributed by atoms with van der Waals surface area (Å²) in [6, 6.07) is 12.2. The minimum atomic E-state index is -0.393. The third kappa shape index (κ3) is 4.23. The summed E-state index contributed by atoms with van der Waals surface area (Å²) >= 11 is 0. The highest BCUT2D eigenvalue weighted by molar-refractivity contribution is 5.78. The largest absolute Gasteiger partial charge is 0.330 e. The van der Waals surface area contributed by atoms with Crippen molar-refractivity contribution in [1.29, 1.82) is 0 Å². The van der Waals surface area contributed by atoms with E-state index in [-0.39, 0.29) is 5.56 Å². The molecule has 0 atom stereocenters. The number of para-hydroxylation sites is 1. The first-order valence-electron chi connectivity index (χ1n) is 11.3. The van der Waals surface area contributed by atoms with Crippen molar-refractivity contribution in [3.05, 3.63) is 68.8 Å². The van der Waals surface area contributed by atoms with Gasteiger partial charge in [-0.2, -0.15) is 0 Å². The van der Waals surface area contributed by atoms with Gasteiger partial charge in [0.25, 0.3) is 5.56 Å². The fourth-order valence-corrected chi connectivity index (χ4v) is 4.11. The standard InChI is InChI=1S/C24H30N6O2/c1-4-7-14-30-22-21(23(31)27-24(30)32)29(6-3)20(26-22)16-28(5-2)15-18-13-12-17-10-8-9-11-19(17)25-18/h8-13H,4-7,14-16H2,1-3H3,(H,27,31,32). The molecular formula is C24H30N6O2. The van der Waals surface area contributed by atoms with Crippen LogP contribution in [0.2, 0.25) is 0 Å². The number of aryl methyl sites for hydroxylation is 2. The quantitative estimate of drug-likeness (QED) is 0.437. The molecule has 32 heavy (non-hydrogen) atoms. The maximum absolute atomic E-state index is 12.6. The molecule has 1 aromatic carbocycles. The van der Waals surface area contributed by atoms with Crippen molar-refractivity contribution >= 4 is 22.1 Å². The molecule has 0 saturated heterocycles. The summed E-state index contributed by atoms with van der Waals surface area (Å²) < 4.78 is 3.52. The number of aromatic nitrogens is 5. The molecule has 0 aliphatic heterocycles. The Morgan fingerprint density at radius 1 is 0.969 bits per heavy atom. The van der Waals surface area contributed by atoms with Gasteiger partial charge in [0.05, 0.1) is 17.8 Å². The second kappa shape index (κ2) is 9.48. The first kappa shape index (κ1) is 22.0. The summed E-state index contributed by atoms with van der Waals surface area (Å²) in [5.74, 6) is 0.784. The van der Waals surface area contributed by atoms with E-state index in [1.807, 2.05) is 29.7 Å². The molecule has 168 valence electrons. The van der Waals surface area contributed by atoms with Gasteiger partial charge < -0.3 is 4.57 Å². The number of nitrogens with zero attached hydrogens (tertiary/aromatic N) is 5. The van der Waals surface area contributed by atoms with Gasteiger partial charge in [0.15, 0.2) is 11.2 Å². The van der Waals surface area contributed by atoms with Crippen LogP contribution < -0.4 is 11.2 Å². The molecule has 8 nitrogen and oxygen atoms in total. The molecule has 0 radical (unpaired) electrons. The Morgan fingerprint density at radius 2 is 1.78 bits per heavy atom. The number of pyridine rings is 1. The Labute approximate surface area is 186 Å². The van der Waals surface area contributed by atoms with Gasteiger partial charge in [-0.25, -0.2) is 9.78 Å². The predicted octanol–water partition coefficient (Wildman–Crippen LogP) is 3.28. The van der Waals surface area contributed by atoms with Crippen molar-refractivity contribution < 1.29 is 0 Å². The molecule has 0 aliphatic carbocycles. The zero-order chi connectivity index (χ0) is 22.7. The number of nitrogens with one attached hydrogen (secondary N) is 1. The molecule has 3 aromatic heterocycles. The van der Waals surface area contributed by atoms with E-state index in [0.29, 0.717) is 37.3 Å². The summed E-state index contributed by atoms with van der Waals surface area (Å²) in [6.45, 7) is 9.36. The van der Waals surface area contributed by atoms with E-state index in [2.05, 4.69) is 41.9 Å². The van der Waals surface area contributed by atoms with Gasteiger partial charge in [0.1, 0.15) is 5.82 Å². The zero-order valence-corrected chi connectivity index (χ0v) is 19.0. The zero-order valence-electron chi connectivity index (χ0n) is 19.0. The average molecular weight is 435 g/mol. The summed E-state index contributed by atoms with van der Waals surface area (Å²) in [7, 11) is 0. The molecule has 0 saturated carbocycles. The third-order valence-electron chi connectivity index (χ3n) is 5.87. The maximum atomic E-state index is 12.6. The van der Waals surface area contributed by atoms with Gasteiger partial charge in [0, 0.05) is 25.0 Å². The van der Waals surface area contributed by atoms with Gasteiger partial charge in [-0.05, 0) is 32.0 Å². The highest BCUT2D eigenvalue weighted by Crippen LogP contribution is 2.17. The first-order chi connectivity index (χ1) is 15.5. The normalized spacial score (nSPS) is 11.8. The highest BCUT2D eigenvalue weighted by Gasteiger charge is 2.19. The molecule has 0 aliphatic rings. The van der Waals surface area contributed by atoms with Crippen LogP contribution in [0.1, 0.15) is 45.1 Å². The van der Waals surface area contributed by atoms with Crippen LogP contribution in [0.25, 0.3) is 22.1 Å². The fraction of sp³-hybridized carbons (Fsp3) is 0.417. The van der Waals surface area contributed by atoms with E-state index < -0.39 is 5.69 Å². The van der Waals surface area contributed by atoms with E-state index in [9.17, 15) is 9.59 Å². The van der Waals surface area contributed by atoms with Crippen LogP contribution in [0, 0.1) is 0 Å². The Kier molecular flexibility index (Phi) is 6.50. The lowest BCUT2D eigenvalue weighted by molar-refractivity contribution is 0.258. The fourth-order valence-electron chi connectivity index (χ4n) is 4.11. The van der Waals surface area contributed by atoms with Crippen molar-refractivity contribution in [2.75, 3.05) is 6.54 Å². The molecule has 3 heterocycles. The monoisotopic (exact) mass is 434 g/mol. The van der Waals surface area contributed by atoms with Crippen LogP contribution in [0.3, 0.4) is 0 Å². The van der Waals surface area contributed by atoms with Crippen molar-refractivity contribution in [3.8, 4) is 0 Å². The Morgan fingerprint density at radius 3 is 2.53 bits per heavy atom. The lowest BCUT2D eigenvalue weighted by Gasteiger charge is -2.20. The molecule has 4 aromatic rings. The second-order valence-electron chi connectivity index (χ2n) is 8.01. The number of rotatable bonds is 9. The van der Waals surface area contributed by atoms with Crippen LogP contribution in [0.5, 0.6) is 0 Å². The number of benzene rings is 1. The van der Waals surface area contributed by atoms with E-state index in [1.54, 1.807) is 4.57 Å². The number of aromatic amines is 1. The molecule has 0 amide bonds. The SMILES string of the molecule is CCCCn1c(=O)[nH]c(=O)c2c1nc(CN(CC)Cc1ccc3ccccc3n1)n2CC. The van der Waals surface area contributed by atoms with E-state index in [0.717, 1.165) is 41.8 Å². The van der Waals surface area contributed by atoms with Crippen molar-refractivity contribution in [3.63, 3.8) is 0 Å². The summed E-state index contributed by atoms with van der Waals surface area (Å²) in [5.41, 5.74) is 2.14. The van der Waals surface area contributed by atoms with Crippen molar-refractivity contribution in [2.24, 2.45) is 0 Å². The number of hydrogen-bond acceptors (Lipinski definition) is 5. The topological polar surface area (TPSA) is 88.8 Å². The van der Waals surface area contributed by atoms with Crippen LogP contribution in [-0.4, -0.2) is 35.5 Å². The van der Waals surface area contributed by atoms with Crippen LogP contribution >= 0.6 is 0 Å². The van der Waals surface area contributed by atoms with Gasteiger partial charge >= 0.3 is 5.69 Å². The Balaban J connectivity index is 1.68. The van der Waals surface area contributed by atoms with Crippen LogP contribution in [-0.2, 0) is 26.2 Å². The minimum Gasteiger partial charge on any atom is -0.321 e.